The number of nitrogen functional groups attached to an aromatic ring is 1. The molecule has 0 bridgehead atoms. The molecular weight excluding hydrogens is 600 g/mol. The second-order valence-electron chi connectivity index (χ2n) is 14.1. The molecule has 3 nitrogen and oxygen atoms in total. The molecule has 0 spiro atoms. The van der Waals surface area contributed by atoms with E-state index in [1.165, 1.54) is 85.1 Å². The molecule has 2 N–H and O–H groups in total. The zero-order chi connectivity index (χ0) is 28.8. The third-order valence-electron chi connectivity index (χ3n) is 12.3. The Labute approximate surface area is 261 Å². The van der Waals surface area contributed by atoms with Crippen molar-refractivity contribution in [2.75, 3.05) is 5.73 Å². The number of aromatic nitrogens is 1. The van der Waals surface area contributed by atoms with Crippen molar-refractivity contribution in [3.8, 4) is 11.1 Å². The Morgan fingerprint density at radius 3 is 2.52 bits per heavy atom. The van der Waals surface area contributed by atoms with Crippen LogP contribution < -0.4 is 5.73 Å². The molecule has 0 unspecified atom stereocenters. The molecule has 0 radical (unpaired) electrons. The Hall–Kier alpha value is -2.50. The number of fused-ring (bicyclic) bond motifs is 8. The zero-order valence-corrected chi connectivity index (χ0v) is 27.0. The number of carbonyl (C=O) groups is 1. The zero-order valence-electron chi connectivity index (χ0n) is 24.6. The van der Waals surface area contributed by atoms with E-state index in [0.717, 1.165) is 38.9 Å². The van der Waals surface area contributed by atoms with Crippen molar-refractivity contribution in [2.45, 2.75) is 77.0 Å². The van der Waals surface area contributed by atoms with E-state index in [1.807, 2.05) is 24.3 Å². The van der Waals surface area contributed by atoms with Gasteiger partial charge in [0.05, 0.1) is 11.4 Å². The normalized spacial score (nSPS) is 31.7. The van der Waals surface area contributed by atoms with Gasteiger partial charge in [0.2, 0.25) is 5.78 Å². The molecule has 5 heteroatoms. The number of benzene rings is 2. The highest BCUT2D eigenvalue weighted by Gasteiger charge is 2.59. The molecule has 3 fully saturated rings. The van der Waals surface area contributed by atoms with Crippen LogP contribution in [0.1, 0.15) is 91.7 Å². The Bertz CT molecular complexity index is 1710. The van der Waals surface area contributed by atoms with Gasteiger partial charge in [-0.2, -0.15) is 0 Å². The van der Waals surface area contributed by atoms with Crippen LogP contribution in [0.3, 0.4) is 0 Å². The molecule has 2 aromatic carbocycles. The van der Waals surface area contributed by atoms with E-state index >= 15 is 0 Å². The fourth-order valence-corrected chi connectivity index (χ4v) is 11.5. The summed E-state index contributed by atoms with van der Waals surface area (Å²) in [5, 5.41) is 0.979. The molecule has 0 amide bonds. The van der Waals surface area contributed by atoms with Gasteiger partial charge in [0, 0.05) is 20.8 Å². The van der Waals surface area contributed by atoms with Gasteiger partial charge in [0.15, 0.2) is 0 Å². The monoisotopic (exact) mass is 638 g/mol. The smallest absolute Gasteiger partial charge is 0.205 e. The first-order chi connectivity index (χ1) is 20.3. The summed E-state index contributed by atoms with van der Waals surface area (Å²) in [5.74, 6) is 3.13. The number of anilines is 1. The summed E-state index contributed by atoms with van der Waals surface area (Å²) < 4.78 is 0.955. The summed E-state index contributed by atoms with van der Waals surface area (Å²) in [6.07, 6.45) is 12.1. The maximum atomic E-state index is 13.7. The SMILES string of the molecule is C[C@]12CCCC[C@@H]1CC[C@@H]1[C@H]2CC[C@]2(C)c3nc4sc(C(=O)c5ccc(Br)cc5)c(N)c4c(-c4ccccc4)c3C[C@@H]12. The molecule has 0 aliphatic heterocycles. The van der Waals surface area contributed by atoms with Crippen LogP contribution in [0.25, 0.3) is 21.3 Å². The van der Waals surface area contributed by atoms with Gasteiger partial charge >= 0.3 is 0 Å². The number of pyridine rings is 1. The summed E-state index contributed by atoms with van der Waals surface area (Å²) in [7, 11) is 0. The van der Waals surface area contributed by atoms with E-state index in [-0.39, 0.29) is 11.2 Å². The fraction of sp³-hybridized carbons (Fsp3) is 0.459. The first-order valence-corrected chi connectivity index (χ1v) is 17.5. The van der Waals surface area contributed by atoms with Gasteiger partial charge in [-0.1, -0.05) is 73.0 Å². The molecule has 2 heterocycles. The number of hydrogen-bond acceptors (Lipinski definition) is 4. The van der Waals surface area contributed by atoms with Gasteiger partial charge in [-0.25, -0.2) is 4.98 Å². The van der Waals surface area contributed by atoms with Gasteiger partial charge in [-0.3, -0.25) is 4.79 Å². The van der Waals surface area contributed by atoms with E-state index in [4.69, 9.17) is 10.7 Å². The summed E-state index contributed by atoms with van der Waals surface area (Å²) in [4.78, 5) is 20.7. The number of halogens is 1. The lowest BCUT2D eigenvalue weighted by Crippen LogP contribution is -2.53. The molecule has 2 aromatic heterocycles. The molecule has 8 rings (SSSR count). The maximum absolute atomic E-state index is 13.7. The van der Waals surface area contributed by atoms with Gasteiger partial charge in [-0.15, -0.1) is 11.3 Å². The van der Waals surface area contributed by atoms with Crippen LogP contribution in [0.2, 0.25) is 0 Å². The van der Waals surface area contributed by atoms with Crippen LogP contribution in [0.15, 0.2) is 59.1 Å². The predicted octanol–water partition coefficient (Wildman–Crippen LogP) is 9.99. The fourth-order valence-electron chi connectivity index (χ4n) is 10.2. The topological polar surface area (TPSA) is 56.0 Å². The number of carbonyl (C=O) groups excluding carboxylic acids is 1. The molecular formula is C37H39BrN2OS. The molecule has 4 aliphatic rings. The Balaban J connectivity index is 1.28. The first-order valence-electron chi connectivity index (χ1n) is 15.9. The number of nitrogens with zero attached hydrogens (tertiary/aromatic N) is 1. The second kappa shape index (κ2) is 9.75. The highest BCUT2D eigenvalue weighted by atomic mass is 79.9. The Morgan fingerprint density at radius 1 is 0.952 bits per heavy atom. The van der Waals surface area contributed by atoms with Crippen molar-refractivity contribution in [1.29, 1.82) is 0 Å². The third-order valence-corrected chi connectivity index (χ3v) is 13.9. The van der Waals surface area contributed by atoms with E-state index in [1.54, 1.807) is 0 Å². The van der Waals surface area contributed by atoms with Crippen LogP contribution in [0, 0.1) is 29.1 Å². The molecule has 4 aliphatic carbocycles. The summed E-state index contributed by atoms with van der Waals surface area (Å²) in [6.45, 7) is 5.18. The van der Waals surface area contributed by atoms with Crippen LogP contribution in [-0.4, -0.2) is 10.8 Å². The third kappa shape index (κ3) is 3.81. The summed E-state index contributed by atoms with van der Waals surface area (Å²) in [5.41, 5.74) is 13.9. The van der Waals surface area contributed by atoms with E-state index in [2.05, 4.69) is 60.1 Å². The van der Waals surface area contributed by atoms with Crippen LogP contribution >= 0.6 is 27.3 Å². The number of thiophene rings is 1. The molecule has 42 heavy (non-hydrogen) atoms. The van der Waals surface area contributed by atoms with Gasteiger partial charge in [0.25, 0.3) is 0 Å². The molecule has 216 valence electrons. The van der Waals surface area contributed by atoms with Crippen molar-refractivity contribution in [3.63, 3.8) is 0 Å². The van der Waals surface area contributed by atoms with Crippen molar-refractivity contribution < 1.29 is 4.79 Å². The number of rotatable bonds is 3. The molecule has 6 atom stereocenters. The Kier molecular flexibility index (Phi) is 6.29. The van der Waals surface area contributed by atoms with E-state index < -0.39 is 0 Å². The average Bonchev–Trinajstić information content (AvgIpc) is 3.49. The number of nitrogens with two attached hydrogens (primary N) is 1. The first kappa shape index (κ1) is 27.1. The Morgan fingerprint density at radius 2 is 1.74 bits per heavy atom. The minimum absolute atomic E-state index is 0.0238. The lowest BCUT2D eigenvalue weighted by atomic mass is 9.45. The quantitative estimate of drug-likeness (QED) is 0.227. The van der Waals surface area contributed by atoms with Crippen LogP contribution in [0.4, 0.5) is 5.69 Å². The second-order valence-corrected chi connectivity index (χ2v) is 16.0. The van der Waals surface area contributed by atoms with Crippen molar-refractivity contribution in [2.24, 2.45) is 29.1 Å². The molecule has 4 aromatic rings. The van der Waals surface area contributed by atoms with Gasteiger partial charge in [0.1, 0.15) is 9.71 Å². The van der Waals surface area contributed by atoms with E-state index in [9.17, 15) is 4.79 Å². The summed E-state index contributed by atoms with van der Waals surface area (Å²) >= 11 is 4.97. The average molecular weight is 640 g/mol. The highest BCUT2D eigenvalue weighted by molar-refractivity contribution is 9.10. The molecule has 3 saturated carbocycles. The van der Waals surface area contributed by atoms with E-state index in [0.29, 0.717) is 27.5 Å². The lowest BCUT2D eigenvalue weighted by Gasteiger charge is -2.59. The van der Waals surface area contributed by atoms with Gasteiger partial charge in [-0.05, 0) is 115 Å². The molecule has 0 saturated heterocycles. The van der Waals surface area contributed by atoms with Crippen LogP contribution in [-0.2, 0) is 11.8 Å². The minimum Gasteiger partial charge on any atom is -0.397 e. The minimum atomic E-state index is -0.0238. The largest absolute Gasteiger partial charge is 0.397 e. The van der Waals surface area contributed by atoms with Gasteiger partial charge < -0.3 is 5.73 Å². The van der Waals surface area contributed by atoms with Crippen molar-refractivity contribution in [1.82, 2.24) is 4.98 Å². The van der Waals surface area contributed by atoms with Crippen molar-refractivity contribution >= 4 is 49.0 Å². The van der Waals surface area contributed by atoms with Crippen molar-refractivity contribution in [3.05, 3.63) is 80.8 Å². The lowest BCUT2D eigenvalue weighted by molar-refractivity contribution is -0.0907. The highest BCUT2D eigenvalue weighted by Crippen LogP contribution is 2.66. The summed E-state index contributed by atoms with van der Waals surface area (Å²) in [6, 6.07) is 18.3. The number of ketones is 1. The van der Waals surface area contributed by atoms with Crippen LogP contribution in [0.5, 0.6) is 0 Å². The predicted molar refractivity (Wildman–Crippen MR) is 177 cm³/mol. The maximum Gasteiger partial charge on any atom is 0.205 e. The number of hydrogen-bond donors (Lipinski definition) is 1. The standard InChI is InChI=1S/C37H39BrN2OS/c1-36-18-7-6-10-23(36)13-16-25-27(36)17-19-37(2)28(25)20-26-29(21-8-4-3-5-9-21)30-31(39)33(42-35(30)40-34(26)37)32(41)22-11-14-24(38)15-12-22/h3-5,8-9,11-12,14-15,23,25,27-28H,6-7,10,13,16-20,39H2,1-2H3/t23-,25-,27-,28+,36+,37+/m1/s1.